The number of anilines is 4. The molecular formula is C42H41Cl4F3N4O2S2. The number of alkyl halides is 3. The highest BCUT2D eigenvalue weighted by molar-refractivity contribution is 7.16. The Kier molecular flexibility index (Phi) is 15.1. The molecule has 0 fully saturated rings. The number of benzene rings is 4. The summed E-state index contributed by atoms with van der Waals surface area (Å²) in [6.45, 7) is 11.4. The zero-order chi connectivity index (χ0) is 41.6. The third-order valence-electron chi connectivity index (χ3n) is 8.75. The fourth-order valence-electron chi connectivity index (χ4n) is 5.94. The van der Waals surface area contributed by atoms with Gasteiger partial charge in [-0.15, -0.1) is 22.7 Å². The summed E-state index contributed by atoms with van der Waals surface area (Å²) in [4.78, 5) is 15.5. The molecule has 6 nitrogen and oxygen atoms in total. The molecule has 0 aliphatic carbocycles. The first-order valence-corrected chi connectivity index (χ1v) is 21.0. The number of aromatic nitrogens is 2. The predicted octanol–water partition coefficient (Wildman–Crippen LogP) is 15.3. The normalized spacial score (nSPS) is 11.3. The lowest BCUT2D eigenvalue weighted by atomic mass is 10.1. The number of aryl methyl sites for hydroxylation is 3. The third-order valence-corrected chi connectivity index (χ3v) is 12.0. The first-order chi connectivity index (χ1) is 27.1. The Balaban J connectivity index is 0.000000219. The molecule has 0 atom stereocenters. The first kappa shape index (κ1) is 44.4. The van der Waals surface area contributed by atoms with Gasteiger partial charge in [0, 0.05) is 34.0 Å². The van der Waals surface area contributed by atoms with E-state index in [1.54, 1.807) is 42.6 Å². The van der Waals surface area contributed by atoms with Crippen LogP contribution in [0, 0.1) is 20.8 Å². The molecule has 4 aromatic carbocycles. The monoisotopic (exact) mass is 894 g/mol. The van der Waals surface area contributed by atoms with Gasteiger partial charge in [-0.25, -0.2) is 9.97 Å². The largest absolute Gasteiger partial charge is 0.497 e. The van der Waals surface area contributed by atoms with Crippen LogP contribution in [0.4, 0.5) is 34.8 Å². The number of hydrogen-bond donors (Lipinski definition) is 0. The second kappa shape index (κ2) is 19.4. The Bertz CT molecular complexity index is 2330. The van der Waals surface area contributed by atoms with Crippen LogP contribution in [0.1, 0.15) is 47.6 Å². The van der Waals surface area contributed by atoms with Crippen molar-refractivity contribution in [2.45, 2.75) is 53.6 Å². The van der Waals surface area contributed by atoms with Crippen LogP contribution in [0.25, 0.3) is 22.5 Å². The molecule has 0 unspecified atom stereocenters. The molecule has 0 saturated heterocycles. The van der Waals surface area contributed by atoms with Gasteiger partial charge in [0.2, 0.25) is 0 Å². The summed E-state index contributed by atoms with van der Waals surface area (Å²) in [7, 11) is 3.19. The van der Waals surface area contributed by atoms with Crippen molar-refractivity contribution in [3.63, 3.8) is 0 Å². The Morgan fingerprint density at radius 1 is 0.596 bits per heavy atom. The maximum atomic E-state index is 13.2. The van der Waals surface area contributed by atoms with Gasteiger partial charge < -0.3 is 19.3 Å². The van der Waals surface area contributed by atoms with Gasteiger partial charge in [0.15, 0.2) is 10.3 Å². The molecule has 6 aromatic rings. The van der Waals surface area contributed by atoms with E-state index in [0.29, 0.717) is 39.6 Å². The number of ether oxygens (including phenoxy) is 2. The van der Waals surface area contributed by atoms with Crippen LogP contribution in [0.3, 0.4) is 0 Å². The average Bonchev–Trinajstić information content (AvgIpc) is 3.75. The van der Waals surface area contributed by atoms with Crippen LogP contribution < -0.4 is 19.3 Å². The lowest BCUT2D eigenvalue weighted by molar-refractivity contribution is -0.137. The van der Waals surface area contributed by atoms with Crippen molar-refractivity contribution in [3.05, 3.63) is 114 Å². The molecule has 0 radical (unpaired) electrons. The number of nitrogens with zero attached hydrogens (tertiary/aromatic N) is 4. The average molecular weight is 897 g/mol. The summed E-state index contributed by atoms with van der Waals surface area (Å²) in [5, 5.41) is 3.54. The van der Waals surface area contributed by atoms with E-state index in [9.17, 15) is 13.2 Å². The van der Waals surface area contributed by atoms with Crippen molar-refractivity contribution in [1.29, 1.82) is 0 Å². The van der Waals surface area contributed by atoms with Crippen LogP contribution in [-0.4, -0.2) is 37.3 Å². The standard InChI is InChI=1S/C21H19Cl2F3N2OS.C21H22Cl2N2OS/c1-4-9-28(18-10-13(21(24,25)26)5-8-16(18)22)20-27-19(12(2)30-20)15-7-6-14(29-3)11-17(15)23;1-5-10-25(19-11-13(2)6-9-17(19)22)21-24-20(14(3)27-21)16-8-7-15(26-4)12-18(16)23/h5-8,10-11H,4,9H2,1-3H3;6-9,11-12H,5,10H2,1-4H3. The number of methoxy groups -OCH3 is 2. The maximum Gasteiger partial charge on any atom is 0.416 e. The summed E-state index contributed by atoms with van der Waals surface area (Å²) < 4.78 is 50.2. The van der Waals surface area contributed by atoms with Gasteiger partial charge in [-0.05, 0) is 106 Å². The highest BCUT2D eigenvalue weighted by Crippen LogP contribution is 2.44. The molecule has 15 heteroatoms. The van der Waals surface area contributed by atoms with E-state index in [4.69, 9.17) is 65.8 Å². The van der Waals surface area contributed by atoms with Crippen molar-refractivity contribution in [1.82, 2.24) is 9.97 Å². The van der Waals surface area contributed by atoms with Crippen molar-refractivity contribution in [2.24, 2.45) is 0 Å². The first-order valence-electron chi connectivity index (χ1n) is 17.9. The fourth-order valence-corrected chi connectivity index (χ4v) is 8.82. The number of thiazole rings is 2. The SMILES string of the molecule is CCCN(c1nc(-c2ccc(OC)cc2Cl)c(C)s1)c1cc(C(F)(F)F)ccc1Cl.CCCN(c1nc(-c2ccc(OC)cc2Cl)c(C)s1)c1cc(C)ccc1Cl. The second-order valence-corrected chi connectivity index (χ2v) is 16.9. The molecular weight excluding hydrogens is 855 g/mol. The Morgan fingerprint density at radius 3 is 1.44 bits per heavy atom. The molecule has 2 heterocycles. The zero-order valence-electron chi connectivity index (χ0n) is 32.3. The highest BCUT2D eigenvalue weighted by atomic mass is 35.5. The molecule has 0 aliphatic rings. The molecule has 0 aliphatic heterocycles. The Morgan fingerprint density at radius 2 is 1.04 bits per heavy atom. The van der Waals surface area contributed by atoms with Crippen LogP contribution >= 0.6 is 69.1 Å². The van der Waals surface area contributed by atoms with Crippen molar-refractivity contribution in [2.75, 3.05) is 37.1 Å². The molecule has 2 aromatic heterocycles. The summed E-state index contributed by atoms with van der Waals surface area (Å²) in [6, 6.07) is 20.3. The number of halogens is 7. The van der Waals surface area contributed by atoms with Crippen LogP contribution in [0.2, 0.25) is 20.1 Å². The van der Waals surface area contributed by atoms with E-state index in [1.807, 2.05) is 50.2 Å². The van der Waals surface area contributed by atoms with E-state index in [2.05, 4.69) is 31.7 Å². The van der Waals surface area contributed by atoms with Gasteiger partial charge in [-0.3, -0.25) is 0 Å². The van der Waals surface area contributed by atoms with E-state index < -0.39 is 11.7 Å². The van der Waals surface area contributed by atoms with Crippen LogP contribution in [-0.2, 0) is 6.18 Å². The Hall–Kier alpha value is -3.71. The minimum atomic E-state index is -4.46. The van der Waals surface area contributed by atoms with Crippen molar-refractivity contribution >= 4 is 90.7 Å². The second-order valence-electron chi connectivity index (χ2n) is 12.9. The molecule has 6 rings (SSSR count). The predicted molar refractivity (Wildman–Crippen MR) is 235 cm³/mol. The zero-order valence-corrected chi connectivity index (χ0v) is 37.0. The van der Waals surface area contributed by atoms with Gasteiger partial charge in [-0.2, -0.15) is 13.2 Å². The van der Waals surface area contributed by atoms with Gasteiger partial charge in [-0.1, -0.05) is 66.3 Å². The minimum Gasteiger partial charge on any atom is -0.497 e. The third kappa shape index (κ3) is 10.5. The Labute approximate surface area is 359 Å². The topological polar surface area (TPSA) is 50.7 Å². The van der Waals surface area contributed by atoms with Crippen molar-refractivity contribution in [3.8, 4) is 34.0 Å². The minimum absolute atomic E-state index is 0.230. The summed E-state index contributed by atoms with van der Waals surface area (Å²) in [5.74, 6) is 1.36. The molecule has 0 spiro atoms. The van der Waals surface area contributed by atoms with Gasteiger partial charge >= 0.3 is 6.18 Å². The highest BCUT2D eigenvalue weighted by Gasteiger charge is 2.32. The van der Waals surface area contributed by atoms with Crippen molar-refractivity contribution < 1.29 is 22.6 Å². The van der Waals surface area contributed by atoms with Crippen LogP contribution in [0.5, 0.6) is 11.5 Å². The fraction of sp³-hybridized carbons (Fsp3) is 0.286. The molecule has 0 amide bonds. The van der Waals surface area contributed by atoms with Gasteiger partial charge in [0.1, 0.15) is 11.5 Å². The summed E-state index contributed by atoms with van der Waals surface area (Å²) in [6.07, 6.45) is -2.77. The van der Waals surface area contributed by atoms with Gasteiger partial charge in [0.05, 0.1) is 62.6 Å². The molecule has 0 saturated carbocycles. The molecule has 57 heavy (non-hydrogen) atoms. The maximum absolute atomic E-state index is 13.2. The van der Waals surface area contributed by atoms with E-state index in [0.717, 1.165) is 73.3 Å². The summed E-state index contributed by atoms with van der Waals surface area (Å²) >= 11 is 28.7. The molecule has 302 valence electrons. The van der Waals surface area contributed by atoms with E-state index >= 15 is 0 Å². The lowest BCUT2D eigenvalue weighted by Crippen LogP contribution is -2.19. The number of rotatable bonds is 12. The lowest BCUT2D eigenvalue weighted by Gasteiger charge is -2.23. The molecule has 0 bridgehead atoms. The molecule has 0 N–H and O–H groups in total. The van der Waals surface area contributed by atoms with E-state index in [-0.39, 0.29) is 10.7 Å². The van der Waals surface area contributed by atoms with Gasteiger partial charge in [0.25, 0.3) is 0 Å². The van der Waals surface area contributed by atoms with Crippen LogP contribution in [0.15, 0.2) is 72.8 Å². The van der Waals surface area contributed by atoms with E-state index in [1.165, 1.54) is 23.0 Å². The summed E-state index contributed by atoms with van der Waals surface area (Å²) in [5.41, 5.74) is 4.87. The number of hydrogen-bond acceptors (Lipinski definition) is 8. The quantitative estimate of drug-likeness (QED) is 0.122. The smallest absolute Gasteiger partial charge is 0.416 e.